The molecule has 0 aliphatic carbocycles. The minimum Gasteiger partial charge on any atom is -0.130 e. The molecule has 0 N–H and O–H groups in total. The van der Waals surface area contributed by atoms with Gasteiger partial charge >= 0.3 is 0 Å². The maximum absolute atomic E-state index is 4.64. The molecule has 0 heterocycles. The number of hydrogen-bond donors (Lipinski definition) is 0. The van der Waals surface area contributed by atoms with Crippen molar-refractivity contribution in [3.63, 3.8) is 0 Å². The highest BCUT2D eigenvalue weighted by Gasteiger charge is 1.59. The molecule has 0 amide bonds. The second-order valence-corrected chi connectivity index (χ2v) is 2.26. The Morgan fingerprint density at radius 2 is 1.18 bits per heavy atom. The zero-order chi connectivity index (χ0) is 9.86. The molecule has 1 heteroatoms. The van der Waals surface area contributed by atoms with Gasteiger partial charge in [-0.05, 0) is 20.8 Å². The Balaban J connectivity index is -0.0000000965. The van der Waals surface area contributed by atoms with Gasteiger partial charge in [-0.1, -0.05) is 30.4 Å². The average molecular weight is 175 g/mol. The second kappa shape index (κ2) is 16.3. The van der Waals surface area contributed by atoms with Gasteiger partial charge in [-0.25, -0.2) is 0 Å². The van der Waals surface area contributed by atoms with E-state index < -0.39 is 0 Å². The van der Waals surface area contributed by atoms with Crippen LogP contribution in [0.1, 0.15) is 20.8 Å². The predicted octanol–water partition coefficient (Wildman–Crippen LogP) is 4.19. The number of allylic oxidation sites excluding steroid dienone is 3. The maximum atomic E-state index is 4.64. The molecule has 0 unspecified atom stereocenters. The molecule has 66 valence electrons. The molecule has 11 heavy (non-hydrogen) atoms. The Hall–Kier alpha value is -0.490. The highest BCUT2D eigenvalue weighted by atomic mass is 35.5. The van der Waals surface area contributed by atoms with Crippen LogP contribution in [0, 0.1) is 0 Å². The fourth-order valence-corrected chi connectivity index (χ4v) is 0. The quantitative estimate of drug-likeness (QED) is 0.318. The standard InChI is InChI=1S/C5H8.C4H8.CH3Cl/c1-4-5(2)3;1-4(2)3;1-2/h4H,1-2H2,3H3;1H2,2-3H3;1H3. The van der Waals surface area contributed by atoms with E-state index in [1.54, 1.807) is 6.08 Å². The molecule has 0 aromatic rings. The summed E-state index contributed by atoms with van der Waals surface area (Å²) in [5, 5.41) is 0. The van der Waals surface area contributed by atoms with Gasteiger partial charge in [0.1, 0.15) is 0 Å². The smallest absolute Gasteiger partial charge is 0.0108 e. The molecule has 0 fully saturated rings. The first kappa shape index (κ1) is 16.9. The molecule has 0 spiro atoms. The Labute approximate surface area is 76.3 Å². The molecule has 0 saturated carbocycles. The second-order valence-electron chi connectivity index (χ2n) is 2.26. The first-order valence-electron chi connectivity index (χ1n) is 3.28. The highest BCUT2D eigenvalue weighted by molar-refractivity contribution is 6.15. The summed E-state index contributed by atoms with van der Waals surface area (Å²) in [5.74, 6) is 0. The molecule has 0 aromatic heterocycles. The monoisotopic (exact) mass is 174 g/mol. The van der Waals surface area contributed by atoms with Gasteiger partial charge in [0.05, 0.1) is 0 Å². The lowest BCUT2D eigenvalue weighted by Gasteiger charge is -1.71. The van der Waals surface area contributed by atoms with Crippen LogP contribution in [-0.2, 0) is 0 Å². The largest absolute Gasteiger partial charge is 0.130 e. The first-order valence-corrected chi connectivity index (χ1v) is 4.04. The van der Waals surface area contributed by atoms with Gasteiger partial charge in [-0.15, -0.1) is 18.2 Å². The van der Waals surface area contributed by atoms with Crippen molar-refractivity contribution in [3.05, 3.63) is 37.0 Å². The zero-order valence-corrected chi connectivity index (χ0v) is 8.83. The van der Waals surface area contributed by atoms with E-state index in [0.29, 0.717) is 0 Å². The SMILES string of the molecule is C=C(C)C.C=CC(=C)C.CCl. The molecule has 0 aliphatic rings. The molecule has 0 bridgehead atoms. The summed E-state index contributed by atoms with van der Waals surface area (Å²) in [6.45, 7) is 16.4. The van der Waals surface area contributed by atoms with E-state index in [4.69, 9.17) is 0 Å². The summed E-state index contributed by atoms with van der Waals surface area (Å²) in [6.07, 6.45) is 3.19. The van der Waals surface area contributed by atoms with Crippen LogP contribution < -0.4 is 0 Å². The van der Waals surface area contributed by atoms with Gasteiger partial charge in [0.15, 0.2) is 0 Å². The lowest BCUT2D eigenvalue weighted by Crippen LogP contribution is -1.50. The van der Waals surface area contributed by atoms with Crippen molar-refractivity contribution in [3.8, 4) is 0 Å². The molecule has 0 rings (SSSR count). The summed E-state index contributed by atoms with van der Waals surface area (Å²) in [7, 11) is 0. The first-order chi connectivity index (χ1) is 5.00. The number of alkyl halides is 1. The molecule has 0 aromatic carbocycles. The fourth-order valence-electron chi connectivity index (χ4n) is 0. The number of hydrogen-bond acceptors (Lipinski definition) is 0. The van der Waals surface area contributed by atoms with Crippen molar-refractivity contribution < 1.29 is 0 Å². The Morgan fingerprint density at radius 1 is 1.09 bits per heavy atom. The number of halogens is 1. The summed E-state index contributed by atoms with van der Waals surface area (Å²) in [5.41, 5.74) is 2.19. The molecule has 0 nitrogen and oxygen atoms in total. The van der Waals surface area contributed by atoms with Gasteiger partial charge in [-0.3, -0.25) is 0 Å². The molecule has 0 atom stereocenters. The Kier molecular flexibility index (Phi) is 24.9. The summed E-state index contributed by atoms with van der Waals surface area (Å²) >= 11 is 4.64. The normalized spacial score (nSPS) is 5.91. The Bertz CT molecular complexity index is 108. The van der Waals surface area contributed by atoms with Crippen LogP contribution in [0.15, 0.2) is 37.0 Å². The van der Waals surface area contributed by atoms with Crippen LogP contribution in [0.2, 0.25) is 0 Å². The molecule has 0 radical (unpaired) electrons. The third-order valence-electron chi connectivity index (χ3n) is 0.348. The lowest BCUT2D eigenvalue weighted by molar-refractivity contribution is 1.42. The van der Waals surface area contributed by atoms with Crippen molar-refractivity contribution >= 4 is 11.6 Å². The van der Waals surface area contributed by atoms with Crippen molar-refractivity contribution in [2.75, 3.05) is 6.38 Å². The average Bonchev–Trinajstić information content (AvgIpc) is 1.91. The summed E-state index contributed by atoms with van der Waals surface area (Å²) in [4.78, 5) is 0. The lowest BCUT2D eigenvalue weighted by atomic mass is 10.4. The van der Waals surface area contributed by atoms with Gasteiger partial charge < -0.3 is 0 Å². The third kappa shape index (κ3) is 235. The van der Waals surface area contributed by atoms with Crippen molar-refractivity contribution in [1.29, 1.82) is 0 Å². The predicted molar refractivity (Wildman–Crippen MR) is 57.3 cm³/mol. The summed E-state index contributed by atoms with van der Waals surface area (Å²) < 4.78 is 0. The molecule has 0 aliphatic heterocycles. The van der Waals surface area contributed by atoms with Crippen LogP contribution in [0.4, 0.5) is 0 Å². The fraction of sp³-hybridized carbons (Fsp3) is 0.400. The van der Waals surface area contributed by atoms with Crippen molar-refractivity contribution in [2.45, 2.75) is 20.8 Å². The third-order valence-corrected chi connectivity index (χ3v) is 0.348. The van der Waals surface area contributed by atoms with E-state index in [9.17, 15) is 0 Å². The van der Waals surface area contributed by atoms with Gasteiger partial charge in [0.25, 0.3) is 0 Å². The minimum absolute atomic E-state index is 1.02. The van der Waals surface area contributed by atoms with E-state index in [1.165, 1.54) is 12.0 Å². The van der Waals surface area contributed by atoms with Crippen LogP contribution >= 0.6 is 11.6 Å². The highest BCUT2D eigenvalue weighted by Crippen LogP contribution is 1.81. The maximum Gasteiger partial charge on any atom is 0.0108 e. The number of rotatable bonds is 1. The van der Waals surface area contributed by atoms with E-state index >= 15 is 0 Å². The van der Waals surface area contributed by atoms with E-state index in [0.717, 1.165) is 5.57 Å². The van der Waals surface area contributed by atoms with Crippen LogP contribution in [0.5, 0.6) is 0 Å². The molecular formula is C10H19Cl. The van der Waals surface area contributed by atoms with Gasteiger partial charge in [-0.2, -0.15) is 0 Å². The molecular weight excluding hydrogens is 156 g/mol. The zero-order valence-electron chi connectivity index (χ0n) is 8.08. The summed E-state index contributed by atoms with van der Waals surface area (Å²) in [6, 6.07) is 0. The van der Waals surface area contributed by atoms with Crippen LogP contribution in [0.25, 0.3) is 0 Å². The van der Waals surface area contributed by atoms with Gasteiger partial charge in [0.2, 0.25) is 0 Å². The van der Waals surface area contributed by atoms with Gasteiger partial charge in [0, 0.05) is 6.38 Å². The topological polar surface area (TPSA) is 0 Å². The van der Waals surface area contributed by atoms with E-state index in [-0.39, 0.29) is 0 Å². The van der Waals surface area contributed by atoms with Crippen molar-refractivity contribution in [2.24, 2.45) is 0 Å². The van der Waals surface area contributed by atoms with Crippen LogP contribution in [0.3, 0.4) is 0 Å². The minimum atomic E-state index is 1.02. The van der Waals surface area contributed by atoms with Crippen molar-refractivity contribution in [1.82, 2.24) is 0 Å². The molecule has 0 saturated heterocycles. The van der Waals surface area contributed by atoms with Crippen LogP contribution in [-0.4, -0.2) is 6.38 Å². The van der Waals surface area contributed by atoms with E-state index in [1.807, 2.05) is 20.8 Å². The van der Waals surface area contributed by atoms with E-state index in [2.05, 4.69) is 31.3 Å². The Morgan fingerprint density at radius 3 is 1.18 bits per heavy atom.